The fourth-order valence-electron chi connectivity index (χ4n) is 4.78. The van der Waals surface area contributed by atoms with Crippen LogP contribution in [0.5, 0.6) is 0 Å². The highest BCUT2D eigenvalue weighted by atomic mass is 32.1. The number of nitrogens with one attached hydrogen (secondary N) is 1. The van der Waals surface area contributed by atoms with Gasteiger partial charge >= 0.3 is 6.18 Å². The van der Waals surface area contributed by atoms with Crippen molar-refractivity contribution in [2.24, 2.45) is 17.1 Å². The number of hydrogen-bond acceptors (Lipinski definition) is 7. The molecular weight excluding hydrogens is 479 g/mol. The topological polar surface area (TPSA) is 114 Å². The average Bonchev–Trinajstić information content (AvgIpc) is 3.23. The number of benzene rings is 1. The van der Waals surface area contributed by atoms with Gasteiger partial charge in [0.25, 0.3) is 0 Å². The Morgan fingerprint density at radius 3 is 2.66 bits per heavy atom. The average molecular weight is 506 g/mol. The van der Waals surface area contributed by atoms with Gasteiger partial charge in [0, 0.05) is 24.0 Å². The Labute approximate surface area is 204 Å². The number of rotatable bonds is 5. The van der Waals surface area contributed by atoms with Crippen LogP contribution in [0.2, 0.25) is 0 Å². The smallest absolute Gasteiger partial charge is 0.383 e. The molecule has 186 valence electrons. The van der Waals surface area contributed by atoms with Gasteiger partial charge in [-0.1, -0.05) is 19.9 Å². The molecule has 35 heavy (non-hydrogen) atoms. The largest absolute Gasteiger partial charge is 0.433 e. The number of carbonyl (C=O) groups is 1. The zero-order valence-electron chi connectivity index (χ0n) is 19.5. The summed E-state index contributed by atoms with van der Waals surface area (Å²) < 4.78 is 39.0. The van der Waals surface area contributed by atoms with Crippen LogP contribution < -0.4 is 11.1 Å². The quantitative estimate of drug-likeness (QED) is 0.441. The first-order chi connectivity index (χ1) is 16.3. The van der Waals surface area contributed by atoms with E-state index in [0.29, 0.717) is 30.0 Å². The van der Waals surface area contributed by atoms with Crippen molar-refractivity contribution in [1.82, 2.24) is 15.0 Å². The molecule has 0 aliphatic heterocycles. The van der Waals surface area contributed by atoms with Crippen LogP contribution in [0.3, 0.4) is 0 Å². The summed E-state index contributed by atoms with van der Waals surface area (Å²) in [6, 6.07) is 6.28. The highest BCUT2D eigenvalue weighted by Crippen LogP contribution is 2.50. The summed E-state index contributed by atoms with van der Waals surface area (Å²) in [5.41, 5.74) is 5.06. The Bertz CT molecular complexity index is 1260. The summed E-state index contributed by atoms with van der Waals surface area (Å²) >= 11 is 1.35. The zero-order valence-corrected chi connectivity index (χ0v) is 20.3. The van der Waals surface area contributed by atoms with Crippen molar-refractivity contribution in [3.05, 3.63) is 52.9 Å². The van der Waals surface area contributed by atoms with Crippen molar-refractivity contribution >= 4 is 28.9 Å². The first-order valence-electron chi connectivity index (χ1n) is 11.0. The number of aryl methyl sites for hydroxylation is 1. The van der Waals surface area contributed by atoms with Gasteiger partial charge in [-0.2, -0.15) is 13.2 Å². The molecule has 1 amide bonds. The van der Waals surface area contributed by atoms with E-state index in [9.17, 15) is 23.1 Å². The monoisotopic (exact) mass is 505 g/mol. The Morgan fingerprint density at radius 1 is 1.26 bits per heavy atom. The van der Waals surface area contributed by atoms with E-state index < -0.39 is 22.9 Å². The minimum Gasteiger partial charge on any atom is -0.383 e. The molecular formula is C24H26F3N5O2S. The van der Waals surface area contributed by atoms with E-state index in [1.54, 1.807) is 18.3 Å². The number of anilines is 2. The number of hydrogen-bond donors (Lipinski definition) is 3. The molecule has 0 spiro atoms. The van der Waals surface area contributed by atoms with Crippen LogP contribution >= 0.6 is 11.3 Å². The number of aromatic nitrogens is 3. The van der Waals surface area contributed by atoms with Gasteiger partial charge in [0.1, 0.15) is 16.3 Å². The molecule has 0 radical (unpaired) electrons. The third-order valence-electron chi connectivity index (χ3n) is 6.35. The SMILES string of the molecule is Cc1cc(Nc2nccc(C(F)(F)F)n2)cc(-c2cnc(C3(O)CCC(C(N)=O)C(C)(C)C3)s2)c1. The number of carbonyl (C=O) groups excluding carboxylic acids is 1. The molecule has 1 fully saturated rings. The van der Waals surface area contributed by atoms with Gasteiger partial charge in [0.05, 0.1) is 4.88 Å². The Hall–Kier alpha value is -3.05. The summed E-state index contributed by atoms with van der Waals surface area (Å²) in [6.07, 6.45) is -0.632. The molecule has 0 bridgehead atoms. The second kappa shape index (κ2) is 8.87. The van der Waals surface area contributed by atoms with Crippen molar-refractivity contribution in [3.63, 3.8) is 0 Å². The maximum atomic E-state index is 13.0. The summed E-state index contributed by atoms with van der Waals surface area (Å²) in [5, 5.41) is 14.8. The van der Waals surface area contributed by atoms with Crippen LogP contribution in [0.15, 0.2) is 36.7 Å². The van der Waals surface area contributed by atoms with E-state index >= 15 is 0 Å². The Kier molecular flexibility index (Phi) is 6.35. The molecule has 2 atom stereocenters. The lowest BCUT2D eigenvalue weighted by Gasteiger charge is -2.44. The van der Waals surface area contributed by atoms with Crippen molar-refractivity contribution in [3.8, 4) is 10.4 Å². The number of aliphatic hydroxyl groups is 1. The molecule has 1 aliphatic rings. The molecule has 0 saturated heterocycles. The minimum absolute atomic E-state index is 0.163. The van der Waals surface area contributed by atoms with E-state index in [2.05, 4.69) is 20.3 Å². The molecule has 2 heterocycles. The first kappa shape index (κ1) is 25.1. The fraction of sp³-hybridized carbons (Fsp3) is 0.417. The zero-order chi connectivity index (χ0) is 25.6. The maximum absolute atomic E-state index is 13.0. The lowest BCUT2D eigenvalue weighted by molar-refractivity contribution is -0.141. The van der Waals surface area contributed by atoms with Crippen molar-refractivity contribution in [2.75, 3.05) is 5.32 Å². The molecule has 4 rings (SSSR count). The Balaban J connectivity index is 1.59. The highest BCUT2D eigenvalue weighted by Gasteiger charge is 2.48. The van der Waals surface area contributed by atoms with Crippen LogP contribution in [0.4, 0.5) is 24.8 Å². The van der Waals surface area contributed by atoms with Crippen molar-refractivity contribution in [2.45, 2.75) is 51.8 Å². The normalized spacial score (nSPS) is 22.1. The molecule has 7 nitrogen and oxygen atoms in total. The van der Waals surface area contributed by atoms with Gasteiger partial charge in [0.15, 0.2) is 0 Å². The molecule has 11 heteroatoms. The number of thiazole rings is 1. The molecule has 3 aromatic rings. The van der Waals surface area contributed by atoms with Gasteiger partial charge < -0.3 is 16.2 Å². The third-order valence-corrected chi connectivity index (χ3v) is 7.59. The fourth-order valence-corrected chi connectivity index (χ4v) is 5.79. The van der Waals surface area contributed by atoms with Crippen LogP contribution in [-0.2, 0) is 16.6 Å². The number of alkyl halides is 3. The summed E-state index contributed by atoms with van der Waals surface area (Å²) in [7, 11) is 0. The third kappa shape index (κ3) is 5.30. The molecule has 2 aromatic heterocycles. The van der Waals surface area contributed by atoms with Gasteiger partial charge in [0.2, 0.25) is 11.9 Å². The van der Waals surface area contributed by atoms with Crippen LogP contribution in [0.25, 0.3) is 10.4 Å². The summed E-state index contributed by atoms with van der Waals surface area (Å²) in [5.74, 6) is -0.837. The summed E-state index contributed by atoms with van der Waals surface area (Å²) in [6.45, 7) is 5.72. The minimum atomic E-state index is -4.57. The molecule has 1 aliphatic carbocycles. The van der Waals surface area contributed by atoms with Gasteiger partial charge in [-0.3, -0.25) is 4.79 Å². The first-order valence-corrected chi connectivity index (χ1v) is 11.9. The molecule has 2 unspecified atom stereocenters. The van der Waals surface area contributed by atoms with E-state index in [1.807, 2.05) is 26.8 Å². The second-order valence-corrected chi connectivity index (χ2v) is 10.7. The number of nitrogens with two attached hydrogens (primary N) is 1. The maximum Gasteiger partial charge on any atom is 0.433 e. The predicted octanol–water partition coefficient (Wildman–Crippen LogP) is 5.17. The molecule has 1 aromatic carbocycles. The van der Waals surface area contributed by atoms with Crippen LogP contribution in [0.1, 0.15) is 49.4 Å². The standard InChI is InChI=1S/C24H26F3N5O2S/c1-13-8-14(10-15(9-13)31-21-29-7-5-18(32-21)24(25,26)27)17-11-30-20(35-17)23(34)6-4-16(19(28)33)22(2,3)12-23/h5,7-11,16,34H,4,6,12H2,1-3H3,(H2,28,33)(H,29,31,32). The lowest BCUT2D eigenvalue weighted by atomic mass is 9.63. The molecule has 1 saturated carbocycles. The second-order valence-electron chi connectivity index (χ2n) is 9.70. The highest BCUT2D eigenvalue weighted by molar-refractivity contribution is 7.15. The predicted molar refractivity (Wildman–Crippen MR) is 127 cm³/mol. The van der Waals surface area contributed by atoms with Crippen molar-refractivity contribution in [1.29, 1.82) is 0 Å². The van der Waals surface area contributed by atoms with E-state index in [4.69, 9.17) is 5.73 Å². The van der Waals surface area contributed by atoms with Crippen molar-refractivity contribution < 1.29 is 23.1 Å². The van der Waals surface area contributed by atoms with Gasteiger partial charge in [-0.25, -0.2) is 15.0 Å². The molecule has 4 N–H and O–H groups in total. The van der Waals surface area contributed by atoms with Crippen LogP contribution in [0, 0.1) is 18.3 Å². The van der Waals surface area contributed by atoms with E-state index in [-0.39, 0.29) is 17.8 Å². The van der Waals surface area contributed by atoms with Gasteiger partial charge in [-0.05, 0) is 60.9 Å². The number of primary amides is 1. The number of halogens is 3. The van der Waals surface area contributed by atoms with E-state index in [1.165, 1.54) is 11.3 Å². The van der Waals surface area contributed by atoms with Gasteiger partial charge in [-0.15, -0.1) is 11.3 Å². The Morgan fingerprint density at radius 2 is 2.00 bits per heavy atom. The summed E-state index contributed by atoms with van der Waals surface area (Å²) in [4.78, 5) is 24.5. The number of nitrogens with zero attached hydrogens (tertiary/aromatic N) is 3. The number of amides is 1. The van der Waals surface area contributed by atoms with Crippen LogP contribution in [-0.4, -0.2) is 26.0 Å². The lowest BCUT2D eigenvalue weighted by Crippen LogP contribution is -2.46. The van der Waals surface area contributed by atoms with E-state index in [0.717, 1.165) is 28.3 Å².